The van der Waals surface area contributed by atoms with E-state index in [4.69, 9.17) is 4.74 Å². The normalized spacial score (nSPS) is 17.9. The van der Waals surface area contributed by atoms with Crippen LogP contribution in [0, 0.1) is 0 Å². The molecule has 0 fully saturated rings. The minimum atomic E-state index is 0.899. The highest BCUT2D eigenvalue weighted by atomic mass is 32.2. The summed E-state index contributed by atoms with van der Waals surface area (Å²) in [5.41, 5.74) is 2.56. The third-order valence-electron chi connectivity index (χ3n) is 3.69. The molecule has 0 amide bonds. The SMILES string of the molecule is COc1cc(C2=C(C)SC3=NCCN32)c2ccsc2c1. The van der Waals surface area contributed by atoms with Gasteiger partial charge in [-0.1, -0.05) is 11.8 Å². The van der Waals surface area contributed by atoms with Gasteiger partial charge in [-0.25, -0.2) is 0 Å². The van der Waals surface area contributed by atoms with Crippen LogP contribution in [0.3, 0.4) is 0 Å². The molecule has 0 saturated heterocycles. The maximum absolute atomic E-state index is 5.47. The third-order valence-corrected chi connectivity index (χ3v) is 5.58. The molecule has 4 rings (SSSR count). The maximum atomic E-state index is 5.47. The molecule has 102 valence electrons. The van der Waals surface area contributed by atoms with Crippen molar-refractivity contribution in [3.05, 3.63) is 34.0 Å². The summed E-state index contributed by atoms with van der Waals surface area (Å²) in [6, 6.07) is 6.46. The molecule has 0 saturated carbocycles. The maximum Gasteiger partial charge on any atom is 0.168 e. The Morgan fingerprint density at radius 1 is 1.35 bits per heavy atom. The van der Waals surface area contributed by atoms with Crippen LogP contribution in [-0.4, -0.2) is 30.3 Å². The summed E-state index contributed by atoms with van der Waals surface area (Å²) in [6.45, 7) is 4.06. The first-order valence-corrected chi connectivity index (χ1v) is 8.24. The number of rotatable bonds is 2. The second kappa shape index (κ2) is 4.53. The van der Waals surface area contributed by atoms with E-state index >= 15 is 0 Å². The van der Waals surface area contributed by atoms with Crippen molar-refractivity contribution < 1.29 is 4.74 Å². The van der Waals surface area contributed by atoms with Crippen LogP contribution in [0.1, 0.15) is 12.5 Å². The second-order valence-electron chi connectivity index (χ2n) is 4.83. The highest BCUT2D eigenvalue weighted by molar-refractivity contribution is 8.17. The van der Waals surface area contributed by atoms with Crippen molar-refractivity contribution in [2.24, 2.45) is 4.99 Å². The summed E-state index contributed by atoms with van der Waals surface area (Å²) in [5, 5.41) is 4.59. The van der Waals surface area contributed by atoms with Crippen molar-refractivity contribution in [3.63, 3.8) is 0 Å². The van der Waals surface area contributed by atoms with Crippen LogP contribution < -0.4 is 4.74 Å². The Bertz CT molecular complexity index is 760. The highest BCUT2D eigenvalue weighted by Crippen LogP contribution is 2.44. The summed E-state index contributed by atoms with van der Waals surface area (Å²) in [4.78, 5) is 8.23. The topological polar surface area (TPSA) is 24.8 Å². The molecule has 1 aromatic carbocycles. The fourth-order valence-corrected chi connectivity index (χ4v) is 4.67. The van der Waals surface area contributed by atoms with Crippen LogP contribution in [0.15, 0.2) is 33.5 Å². The van der Waals surface area contributed by atoms with Crippen LogP contribution >= 0.6 is 23.1 Å². The Morgan fingerprint density at radius 3 is 3.10 bits per heavy atom. The van der Waals surface area contributed by atoms with Gasteiger partial charge in [0.2, 0.25) is 0 Å². The Labute approximate surface area is 125 Å². The van der Waals surface area contributed by atoms with Gasteiger partial charge in [-0.3, -0.25) is 4.99 Å². The number of ether oxygens (including phenoxy) is 1. The molecule has 20 heavy (non-hydrogen) atoms. The molecule has 1 aromatic heterocycles. The van der Waals surface area contributed by atoms with E-state index < -0.39 is 0 Å². The third kappa shape index (κ3) is 1.70. The van der Waals surface area contributed by atoms with Gasteiger partial charge in [0.15, 0.2) is 5.17 Å². The first kappa shape index (κ1) is 12.3. The van der Waals surface area contributed by atoms with Crippen LogP contribution in [-0.2, 0) is 0 Å². The zero-order valence-corrected chi connectivity index (χ0v) is 13.0. The largest absolute Gasteiger partial charge is 0.497 e. The van der Waals surface area contributed by atoms with E-state index in [1.165, 1.54) is 26.3 Å². The number of hydrogen-bond acceptors (Lipinski definition) is 5. The van der Waals surface area contributed by atoms with Crippen LogP contribution in [0.2, 0.25) is 0 Å². The molecular weight excluding hydrogens is 288 g/mol. The predicted molar refractivity (Wildman–Crippen MR) is 87.6 cm³/mol. The number of methoxy groups -OCH3 is 1. The number of amidine groups is 1. The zero-order valence-electron chi connectivity index (χ0n) is 11.3. The van der Waals surface area contributed by atoms with Gasteiger partial charge in [0, 0.05) is 27.1 Å². The Balaban J connectivity index is 1.95. The predicted octanol–water partition coefficient (Wildman–Crippen LogP) is 4.02. The molecule has 2 aromatic rings. The number of fused-ring (bicyclic) bond motifs is 2. The fourth-order valence-electron chi connectivity index (χ4n) is 2.79. The number of thioether (sulfide) groups is 1. The lowest BCUT2D eigenvalue weighted by atomic mass is 10.1. The molecule has 2 aliphatic rings. The van der Waals surface area contributed by atoms with Gasteiger partial charge in [0.1, 0.15) is 5.75 Å². The van der Waals surface area contributed by atoms with Gasteiger partial charge in [0.25, 0.3) is 0 Å². The number of nitrogens with zero attached hydrogens (tertiary/aromatic N) is 2. The monoisotopic (exact) mass is 302 g/mol. The molecule has 0 N–H and O–H groups in total. The number of aliphatic imine (C=N–C) groups is 1. The van der Waals surface area contributed by atoms with E-state index in [-0.39, 0.29) is 0 Å². The minimum Gasteiger partial charge on any atom is -0.497 e. The lowest BCUT2D eigenvalue weighted by molar-refractivity contribution is 0.415. The molecular formula is C15H14N2OS2. The summed E-state index contributed by atoms with van der Waals surface area (Å²) < 4.78 is 6.74. The lowest BCUT2D eigenvalue weighted by Crippen LogP contribution is -2.20. The molecule has 5 heteroatoms. The summed E-state index contributed by atoms with van der Waals surface area (Å²) in [5.74, 6) is 0.921. The molecule has 2 aliphatic heterocycles. The van der Waals surface area contributed by atoms with Crippen molar-refractivity contribution in [2.45, 2.75) is 6.92 Å². The van der Waals surface area contributed by atoms with E-state index in [0.29, 0.717) is 0 Å². The highest BCUT2D eigenvalue weighted by Gasteiger charge is 2.32. The van der Waals surface area contributed by atoms with Crippen molar-refractivity contribution in [1.82, 2.24) is 4.90 Å². The van der Waals surface area contributed by atoms with Gasteiger partial charge in [-0.15, -0.1) is 11.3 Å². The van der Waals surface area contributed by atoms with Crippen LogP contribution in [0.25, 0.3) is 15.8 Å². The molecule has 0 radical (unpaired) electrons. The number of hydrogen-bond donors (Lipinski definition) is 0. The summed E-state index contributed by atoms with van der Waals surface area (Å²) in [6.07, 6.45) is 0. The van der Waals surface area contributed by atoms with Crippen LogP contribution in [0.4, 0.5) is 0 Å². The van der Waals surface area contributed by atoms with E-state index in [9.17, 15) is 0 Å². The zero-order chi connectivity index (χ0) is 13.7. The molecule has 3 nitrogen and oxygen atoms in total. The molecule has 0 aliphatic carbocycles. The molecule has 0 spiro atoms. The molecule has 0 unspecified atom stereocenters. The van der Waals surface area contributed by atoms with E-state index in [2.05, 4.69) is 40.4 Å². The van der Waals surface area contributed by atoms with E-state index in [1.807, 2.05) is 0 Å². The number of thiophene rings is 1. The van der Waals surface area contributed by atoms with Gasteiger partial charge in [-0.05, 0) is 30.5 Å². The Hall–Kier alpha value is -1.46. The van der Waals surface area contributed by atoms with Gasteiger partial charge in [-0.2, -0.15) is 0 Å². The van der Waals surface area contributed by atoms with Gasteiger partial charge < -0.3 is 9.64 Å². The fraction of sp³-hybridized carbons (Fsp3) is 0.267. The van der Waals surface area contributed by atoms with E-state index in [0.717, 1.165) is 24.0 Å². The van der Waals surface area contributed by atoms with Crippen LogP contribution in [0.5, 0.6) is 5.75 Å². The van der Waals surface area contributed by atoms with Gasteiger partial charge >= 0.3 is 0 Å². The lowest BCUT2D eigenvalue weighted by Gasteiger charge is -2.18. The number of allylic oxidation sites excluding steroid dienone is 1. The van der Waals surface area contributed by atoms with Crippen molar-refractivity contribution in [3.8, 4) is 5.75 Å². The van der Waals surface area contributed by atoms with Crippen molar-refractivity contribution in [1.29, 1.82) is 0 Å². The first-order chi connectivity index (χ1) is 9.78. The van der Waals surface area contributed by atoms with Crippen molar-refractivity contribution >= 4 is 44.0 Å². The van der Waals surface area contributed by atoms with Gasteiger partial charge in [0.05, 0.1) is 19.4 Å². The quantitative estimate of drug-likeness (QED) is 0.837. The first-order valence-electron chi connectivity index (χ1n) is 6.54. The second-order valence-corrected chi connectivity index (χ2v) is 6.96. The summed E-state index contributed by atoms with van der Waals surface area (Å²) in [7, 11) is 1.73. The molecule has 0 bridgehead atoms. The number of benzene rings is 1. The molecule has 0 atom stereocenters. The van der Waals surface area contributed by atoms with Crippen molar-refractivity contribution in [2.75, 3.05) is 20.2 Å². The standard InChI is InChI=1S/C15H14N2OS2/c1-9-14(17-5-4-16-15(17)20-9)12-7-10(18-2)8-13-11(12)3-6-19-13/h3,6-8H,4-5H2,1-2H3. The van der Waals surface area contributed by atoms with E-state index in [1.54, 1.807) is 30.2 Å². The average molecular weight is 302 g/mol. The Kier molecular flexibility index (Phi) is 2.79. The molecule has 3 heterocycles. The Morgan fingerprint density at radius 2 is 2.25 bits per heavy atom. The average Bonchev–Trinajstić information content (AvgIpc) is 3.12. The smallest absolute Gasteiger partial charge is 0.168 e. The summed E-state index contributed by atoms with van der Waals surface area (Å²) >= 11 is 3.54. The minimum absolute atomic E-state index is 0.899.